The largest absolute Gasteiger partial charge is 0.477 e. The van der Waals surface area contributed by atoms with Crippen molar-refractivity contribution < 1.29 is 19.3 Å². The molecule has 2 aromatic heterocycles. The standard InChI is InChI=1S/C34H46N4O4Si/c1-33(2,3)42-32(39)34(4,5)23-41-29-19-18-28(22-35-29)25-14-16-27(17-15-25)31-36-30(26-12-10-9-11-13-26)37-38(31)24-40-20-21-43(6,7)8/h9-19,22,32,39H,20-21,23-24H2,1-8H3. The van der Waals surface area contributed by atoms with Crippen LogP contribution in [0.25, 0.3) is 33.9 Å². The lowest BCUT2D eigenvalue weighted by atomic mass is 9.93. The van der Waals surface area contributed by atoms with E-state index in [9.17, 15) is 5.11 Å². The zero-order valence-electron chi connectivity index (χ0n) is 26.8. The number of benzene rings is 2. The van der Waals surface area contributed by atoms with E-state index in [4.69, 9.17) is 24.3 Å². The zero-order chi connectivity index (χ0) is 31.3. The number of ether oxygens (including phenoxy) is 3. The number of aliphatic hydroxyl groups is 1. The van der Waals surface area contributed by atoms with E-state index in [0.29, 0.717) is 25.0 Å². The highest BCUT2D eigenvalue weighted by Gasteiger charge is 2.33. The van der Waals surface area contributed by atoms with Crippen LogP contribution >= 0.6 is 0 Å². The monoisotopic (exact) mass is 602 g/mol. The molecule has 43 heavy (non-hydrogen) atoms. The van der Waals surface area contributed by atoms with Crippen LogP contribution < -0.4 is 4.74 Å². The second-order valence-corrected chi connectivity index (χ2v) is 19.4. The number of nitrogens with zero attached hydrogens (tertiary/aromatic N) is 4. The first-order valence-electron chi connectivity index (χ1n) is 14.8. The summed E-state index contributed by atoms with van der Waals surface area (Å²) in [6, 6.07) is 23.1. The molecule has 0 saturated heterocycles. The topological polar surface area (TPSA) is 91.5 Å². The van der Waals surface area contributed by atoms with E-state index < -0.39 is 25.4 Å². The Hall–Kier alpha value is -3.37. The fourth-order valence-corrected chi connectivity index (χ4v) is 4.92. The lowest BCUT2D eigenvalue weighted by Crippen LogP contribution is -2.41. The van der Waals surface area contributed by atoms with Gasteiger partial charge in [-0.15, -0.1) is 5.10 Å². The Labute approximate surface area is 257 Å². The quantitative estimate of drug-likeness (QED) is 0.0961. The predicted octanol–water partition coefficient (Wildman–Crippen LogP) is 7.52. The van der Waals surface area contributed by atoms with Gasteiger partial charge in [0.1, 0.15) is 6.73 Å². The summed E-state index contributed by atoms with van der Waals surface area (Å²) in [6.45, 7) is 17.9. The molecule has 0 aliphatic carbocycles. The number of hydrogen-bond donors (Lipinski definition) is 1. The lowest BCUT2D eigenvalue weighted by Gasteiger charge is -2.34. The number of aromatic nitrogens is 4. The number of hydrogen-bond acceptors (Lipinski definition) is 7. The number of rotatable bonds is 13. The molecule has 0 bridgehead atoms. The summed E-state index contributed by atoms with van der Waals surface area (Å²) in [6.07, 6.45) is 0.832. The van der Waals surface area contributed by atoms with Crippen LogP contribution in [-0.2, 0) is 16.2 Å². The van der Waals surface area contributed by atoms with Gasteiger partial charge >= 0.3 is 0 Å². The maximum absolute atomic E-state index is 10.5. The fourth-order valence-electron chi connectivity index (χ4n) is 4.16. The highest BCUT2D eigenvalue weighted by atomic mass is 28.3. The van der Waals surface area contributed by atoms with Crippen LogP contribution in [0.4, 0.5) is 0 Å². The Kier molecular flexibility index (Phi) is 10.2. The van der Waals surface area contributed by atoms with Gasteiger partial charge in [-0.2, -0.15) is 0 Å². The van der Waals surface area contributed by atoms with Crippen molar-refractivity contribution in [2.45, 2.75) is 78.9 Å². The van der Waals surface area contributed by atoms with Gasteiger partial charge in [0.2, 0.25) is 5.88 Å². The van der Waals surface area contributed by atoms with Crippen molar-refractivity contribution in [3.05, 3.63) is 72.9 Å². The molecule has 1 N–H and O–H groups in total. The first-order chi connectivity index (χ1) is 20.2. The van der Waals surface area contributed by atoms with Crippen molar-refractivity contribution >= 4 is 8.07 Å². The summed E-state index contributed by atoms with van der Waals surface area (Å²) in [5, 5.41) is 15.3. The summed E-state index contributed by atoms with van der Waals surface area (Å²) < 4.78 is 19.5. The maximum atomic E-state index is 10.5. The van der Waals surface area contributed by atoms with Crippen LogP contribution in [0.3, 0.4) is 0 Å². The van der Waals surface area contributed by atoms with Crippen LogP contribution in [-0.4, -0.2) is 58.0 Å². The Bertz CT molecular complexity index is 1440. The van der Waals surface area contributed by atoms with Crippen molar-refractivity contribution in [2.75, 3.05) is 13.2 Å². The second-order valence-electron chi connectivity index (χ2n) is 13.8. The van der Waals surface area contributed by atoms with E-state index in [0.717, 1.165) is 34.1 Å². The second kappa shape index (κ2) is 13.5. The molecule has 4 aromatic rings. The Morgan fingerprint density at radius 1 is 0.837 bits per heavy atom. The van der Waals surface area contributed by atoms with E-state index in [1.807, 2.05) is 81.8 Å². The summed E-state index contributed by atoms with van der Waals surface area (Å²) in [7, 11) is -1.19. The van der Waals surface area contributed by atoms with E-state index in [2.05, 4.69) is 48.9 Å². The molecule has 2 heterocycles. The van der Waals surface area contributed by atoms with Crippen LogP contribution in [0, 0.1) is 5.41 Å². The maximum Gasteiger partial charge on any atom is 0.213 e. The molecule has 0 fully saturated rings. The molecule has 0 spiro atoms. The minimum atomic E-state index is -1.19. The normalized spacial score (nSPS) is 13.2. The molecule has 230 valence electrons. The molecule has 9 heteroatoms. The molecule has 1 unspecified atom stereocenters. The molecule has 0 saturated carbocycles. The van der Waals surface area contributed by atoms with Gasteiger partial charge < -0.3 is 19.3 Å². The molecular formula is C34H46N4O4Si. The van der Waals surface area contributed by atoms with Crippen LogP contribution in [0.2, 0.25) is 25.7 Å². The lowest BCUT2D eigenvalue weighted by molar-refractivity contribution is -0.221. The van der Waals surface area contributed by atoms with E-state index in [-0.39, 0.29) is 6.61 Å². The molecule has 0 aliphatic heterocycles. The Balaban J connectivity index is 1.46. The van der Waals surface area contributed by atoms with Crippen LogP contribution in [0.5, 0.6) is 5.88 Å². The van der Waals surface area contributed by atoms with Crippen molar-refractivity contribution in [3.8, 4) is 39.8 Å². The zero-order valence-corrected chi connectivity index (χ0v) is 27.8. The smallest absolute Gasteiger partial charge is 0.213 e. The van der Waals surface area contributed by atoms with Gasteiger partial charge in [0.15, 0.2) is 17.9 Å². The van der Waals surface area contributed by atoms with Crippen molar-refractivity contribution in [2.24, 2.45) is 5.41 Å². The molecule has 2 aromatic carbocycles. The van der Waals surface area contributed by atoms with Gasteiger partial charge in [0.25, 0.3) is 0 Å². The van der Waals surface area contributed by atoms with Gasteiger partial charge in [0.05, 0.1) is 12.2 Å². The SMILES string of the molecule is CC(C)(C)OC(O)C(C)(C)COc1ccc(-c2ccc(-c3nc(-c4ccccc4)nn3COCC[Si](C)(C)C)cc2)cn1. The molecule has 8 nitrogen and oxygen atoms in total. The van der Waals surface area contributed by atoms with E-state index in [1.165, 1.54) is 0 Å². The third kappa shape index (κ3) is 9.56. The van der Waals surface area contributed by atoms with E-state index >= 15 is 0 Å². The van der Waals surface area contributed by atoms with Gasteiger partial charge in [-0.25, -0.2) is 14.6 Å². The average Bonchev–Trinajstić information content (AvgIpc) is 3.38. The van der Waals surface area contributed by atoms with Gasteiger partial charge in [0, 0.05) is 49.0 Å². The molecule has 4 rings (SSSR count). The van der Waals surface area contributed by atoms with Crippen LogP contribution in [0.15, 0.2) is 72.9 Å². The van der Waals surface area contributed by atoms with Gasteiger partial charge in [-0.1, -0.05) is 88.1 Å². The Morgan fingerprint density at radius 2 is 1.49 bits per heavy atom. The van der Waals surface area contributed by atoms with Crippen LogP contribution in [0.1, 0.15) is 34.6 Å². The third-order valence-corrected chi connectivity index (χ3v) is 8.56. The average molecular weight is 603 g/mol. The molecule has 0 amide bonds. The highest BCUT2D eigenvalue weighted by molar-refractivity contribution is 6.76. The number of aliphatic hydroxyl groups excluding tert-OH is 1. The highest BCUT2D eigenvalue weighted by Crippen LogP contribution is 2.29. The minimum Gasteiger partial charge on any atom is -0.477 e. The van der Waals surface area contributed by atoms with Crippen molar-refractivity contribution in [1.29, 1.82) is 0 Å². The summed E-state index contributed by atoms with van der Waals surface area (Å²) in [5.74, 6) is 1.93. The summed E-state index contributed by atoms with van der Waals surface area (Å²) in [4.78, 5) is 9.39. The first kappa shape index (κ1) is 32.5. The third-order valence-electron chi connectivity index (χ3n) is 6.85. The molecular weight excluding hydrogens is 556 g/mol. The van der Waals surface area contributed by atoms with Gasteiger partial charge in [-0.05, 0) is 38.4 Å². The fraction of sp³-hybridized carbons (Fsp3) is 0.441. The van der Waals surface area contributed by atoms with Crippen molar-refractivity contribution in [3.63, 3.8) is 0 Å². The van der Waals surface area contributed by atoms with Crippen molar-refractivity contribution in [1.82, 2.24) is 19.7 Å². The molecule has 0 aliphatic rings. The molecule has 1 atom stereocenters. The van der Waals surface area contributed by atoms with E-state index in [1.54, 1.807) is 6.20 Å². The minimum absolute atomic E-state index is 0.263. The first-order valence-corrected chi connectivity index (χ1v) is 18.5. The molecule has 0 radical (unpaired) electrons. The number of pyridine rings is 1. The van der Waals surface area contributed by atoms with Gasteiger partial charge in [-0.3, -0.25) is 0 Å². The summed E-state index contributed by atoms with van der Waals surface area (Å²) in [5.41, 5.74) is 2.86. The summed E-state index contributed by atoms with van der Waals surface area (Å²) >= 11 is 0. The Morgan fingerprint density at radius 3 is 2.09 bits per heavy atom. The predicted molar refractivity (Wildman–Crippen MR) is 174 cm³/mol.